The maximum atomic E-state index is 5.96. The van der Waals surface area contributed by atoms with Crippen molar-refractivity contribution in [3.05, 3.63) is 0 Å². The minimum absolute atomic E-state index is 0.479. The average Bonchev–Trinajstić information content (AvgIpc) is 2.20. The summed E-state index contributed by atoms with van der Waals surface area (Å²) < 4.78 is 0. The van der Waals surface area contributed by atoms with Crippen LogP contribution >= 0.6 is 0 Å². The molecule has 2 aliphatic rings. The molecule has 2 heteroatoms. The van der Waals surface area contributed by atoms with Gasteiger partial charge in [0.25, 0.3) is 0 Å². The Bertz CT molecular complexity index is 146. The maximum Gasteiger partial charge on any atom is 0.0110 e. The van der Waals surface area contributed by atoms with Gasteiger partial charge in [0.1, 0.15) is 0 Å². The van der Waals surface area contributed by atoms with E-state index in [2.05, 4.69) is 11.9 Å². The van der Waals surface area contributed by atoms with E-state index in [1.54, 1.807) is 0 Å². The third-order valence-corrected chi connectivity index (χ3v) is 3.43. The normalized spacial score (nSPS) is 45.8. The summed E-state index contributed by atoms with van der Waals surface area (Å²) in [6.07, 6.45) is 6.59. The van der Waals surface area contributed by atoms with Gasteiger partial charge in [0.2, 0.25) is 0 Å². The Balaban J connectivity index is 2.07. The number of hydrogen-bond donors (Lipinski definition) is 1. The minimum atomic E-state index is 0.479. The molecule has 2 heterocycles. The maximum absolute atomic E-state index is 5.96. The predicted molar refractivity (Wildman–Crippen MR) is 46.4 cm³/mol. The lowest BCUT2D eigenvalue weighted by Crippen LogP contribution is -2.32. The molecule has 64 valence electrons. The van der Waals surface area contributed by atoms with Crippen LogP contribution in [0.5, 0.6) is 0 Å². The van der Waals surface area contributed by atoms with Gasteiger partial charge >= 0.3 is 0 Å². The van der Waals surface area contributed by atoms with Crippen molar-refractivity contribution in [2.75, 3.05) is 7.05 Å². The molecular weight excluding hydrogens is 136 g/mol. The van der Waals surface area contributed by atoms with Crippen molar-refractivity contribution in [1.29, 1.82) is 0 Å². The molecule has 2 fully saturated rings. The van der Waals surface area contributed by atoms with Crippen molar-refractivity contribution >= 4 is 0 Å². The Labute approximate surface area is 68.7 Å². The lowest BCUT2D eigenvalue weighted by atomic mass is 9.98. The van der Waals surface area contributed by atoms with E-state index < -0.39 is 0 Å². The molecule has 2 saturated heterocycles. The molecule has 0 saturated carbocycles. The van der Waals surface area contributed by atoms with Crippen LogP contribution < -0.4 is 5.73 Å². The first-order valence-corrected chi connectivity index (χ1v) is 4.75. The van der Waals surface area contributed by atoms with Crippen LogP contribution in [0.3, 0.4) is 0 Å². The molecule has 0 amide bonds. The molecule has 2 bridgehead atoms. The molecule has 0 radical (unpaired) electrons. The van der Waals surface area contributed by atoms with Crippen LogP contribution in [0.15, 0.2) is 0 Å². The Hall–Kier alpha value is -0.0800. The van der Waals surface area contributed by atoms with Crippen LogP contribution in [-0.4, -0.2) is 30.1 Å². The second kappa shape index (κ2) is 2.76. The fraction of sp³-hybridized carbons (Fsp3) is 1.00. The van der Waals surface area contributed by atoms with Crippen LogP contribution in [0.2, 0.25) is 0 Å². The fourth-order valence-corrected chi connectivity index (χ4v) is 2.60. The highest BCUT2D eigenvalue weighted by Gasteiger charge is 2.33. The van der Waals surface area contributed by atoms with Crippen LogP contribution in [0.25, 0.3) is 0 Å². The number of rotatable bonds is 0. The van der Waals surface area contributed by atoms with Gasteiger partial charge in [-0.3, -0.25) is 0 Å². The molecule has 3 atom stereocenters. The molecule has 1 unspecified atom stereocenters. The van der Waals surface area contributed by atoms with Gasteiger partial charge in [0.05, 0.1) is 0 Å². The van der Waals surface area contributed by atoms with Crippen molar-refractivity contribution in [3.63, 3.8) is 0 Å². The van der Waals surface area contributed by atoms with E-state index in [1.807, 2.05) is 0 Å². The number of nitrogens with zero attached hydrogens (tertiary/aromatic N) is 1. The molecule has 11 heavy (non-hydrogen) atoms. The van der Waals surface area contributed by atoms with Crippen molar-refractivity contribution in [2.45, 2.75) is 50.2 Å². The summed E-state index contributed by atoms with van der Waals surface area (Å²) in [5.41, 5.74) is 5.96. The summed E-state index contributed by atoms with van der Waals surface area (Å²) in [6.45, 7) is 0. The van der Waals surface area contributed by atoms with Crippen molar-refractivity contribution < 1.29 is 0 Å². The summed E-state index contributed by atoms with van der Waals surface area (Å²) >= 11 is 0. The average molecular weight is 154 g/mol. The zero-order valence-electron chi connectivity index (χ0n) is 7.29. The Morgan fingerprint density at radius 1 is 1.09 bits per heavy atom. The Morgan fingerprint density at radius 3 is 2.55 bits per heavy atom. The Morgan fingerprint density at radius 2 is 1.73 bits per heavy atom. The zero-order chi connectivity index (χ0) is 7.84. The van der Waals surface area contributed by atoms with E-state index in [1.165, 1.54) is 32.1 Å². The molecule has 2 aliphatic heterocycles. The first kappa shape index (κ1) is 7.56. The van der Waals surface area contributed by atoms with E-state index in [9.17, 15) is 0 Å². The quantitative estimate of drug-likeness (QED) is 0.563. The zero-order valence-corrected chi connectivity index (χ0v) is 7.29. The van der Waals surface area contributed by atoms with Crippen molar-refractivity contribution in [2.24, 2.45) is 5.73 Å². The molecule has 2 rings (SSSR count). The fourth-order valence-electron chi connectivity index (χ4n) is 2.60. The summed E-state index contributed by atoms with van der Waals surface area (Å²) in [7, 11) is 2.26. The van der Waals surface area contributed by atoms with Crippen LogP contribution in [0.4, 0.5) is 0 Å². The highest BCUT2D eigenvalue weighted by atomic mass is 15.2. The summed E-state index contributed by atoms with van der Waals surface area (Å²) in [4.78, 5) is 2.55. The van der Waals surface area contributed by atoms with Gasteiger partial charge in [-0.05, 0) is 39.2 Å². The van der Waals surface area contributed by atoms with Crippen molar-refractivity contribution in [1.82, 2.24) is 4.90 Å². The van der Waals surface area contributed by atoms with Crippen LogP contribution in [-0.2, 0) is 0 Å². The smallest absolute Gasteiger partial charge is 0.0110 e. The molecule has 0 aromatic heterocycles. The topological polar surface area (TPSA) is 29.3 Å². The molecule has 0 aliphatic carbocycles. The molecule has 2 N–H and O–H groups in total. The second-order valence-corrected chi connectivity index (χ2v) is 4.12. The largest absolute Gasteiger partial charge is 0.328 e. The lowest BCUT2D eigenvalue weighted by molar-refractivity contribution is 0.242. The second-order valence-electron chi connectivity index (χ2n) is 4.12. The molecule has 2 nitrogen and oxygen atoms in total. The third kappa shape index (κ3) is 1.30. The van der Waals surface area contributed by atoms with Gasteiger partial charge in [-0.1, -0.05) is 0 Å². The first-order chi connectivity index (χ1) is 5.27. The predicted octanol–water partition coefficient (Wildman–Crippen LogP) is 0.960. The monoisotopic (exact) mass is 154 g/mol. The Kier molecular flexibility index (Phi) is 1.90. The molecule has 0 aromatic rings. The number of nitrogens with two attached hydrogens (primary N) is 1. The summed E-state index contributed by atoms with van der Waals surface area (Å²) in [5, 5.41) is 0. The molecule has 0 spiro atoms. The van der Waals surface area contributed by atoms with E-state index in [0.29, 0.717) is 6.04 Å². The first-order valence-electron chi connectivity index (χ1n) is 4.75. The standard InChI is InChI=1S/C9H18N2/c1-11-8-3-2-7(10)6-9(11)5-4-8/h7-9H,2-6,10H2,1H3/t7?,8-,9-/m0/s1. The lowest BCUT2D eigenvalue weighted by Gasteiger charge is -2.22. The summed E-state index contributed by atoms with van der Waals surface area (Å²) in [5.74, 6) is 0. The number of fused-ring (bicyclic) bond motifs is 2. The van der Waals surface area contributed by atoms with E-state index in [4.69, 9.17) is 5.73 Å². The van der Waals surface area contributed by atoms with Crippen LogP contribution in [0.1, 0.15) is 32.1 Å². The van der Waals surface area contributed by atoms with Gasteiger partial charge in [-0.15, -0.1) is 0 Å². The minimum Gasteiger partial charge on any atom is -0.328 e. The van der Waals surface area contributed by atoms with Crippen LogP contribution in [0, 0.1) is 0 Å². The highest BCUT2D eigenvalue weighted by molar-refractivity contribution is 4.91. The van der Waals surface area contributed by atoms with Gasteiger partial charge in [-0.25, -0.2) is 0 Å². The summed E-state index contributed by atoms with van der Waals surface area (Å²) in [6, 6.07) is 2.14. The third-order valence-electron chi connectivity index (χ3n) is 3.43. The van der Waals surface area contributed by atoms with E-state index >= 15 is 0 Å². The highest BCUT2D eigenvalue weighted by Crippen LogP contribution is 2.31. The van der Waals surface area contributed by atoms with Gasteiger partial charge in [0, 0.05) is 18.1 Å². The van der Waals surface area contributed by atoms with Gasteiger partial charge in [0.15, 0.2) is 0 Å². The number of hydrogen-bond acceptors (Lipinski definition) is 2. The molecule has 0 aromatic carbocycles. The SMILES string of the molecule is CN1[C@H]2CCC(N)C[C@@H]1CC2. The van der Waals surface area contributed by atoms with E-state index in [0.717, 1.165) is 12.1 Å². The van der Waals surface area contributed by atoms with Crippen molar-refractivity contribution in [3.8, 4) is 0 Å². The molecular formula is C9H18N2. The van der Waals surface area contributed by atoms with E-state index in [-0.39, 0.29) is 0 Å². The van der Waals surface area contributed by atoms with Gasteiger partial charge < -0.3 is 10.6 Å². The van der Waals surface area contributed by atoms with Gasteiger partial charge in [-0.2, -0.15) is 0 Å².